The van der Waals surface area contributed by atoms with Gasteiger partial charge in [-0.3, -0.25) is 37.3 Å². The van der Waals surface area contributed by atoms with Crippen LogP contribution < -0.4 is 0 Å². The first-order valence-electron chi connectivity index (χ1n) is 40.8. The van der Waals surface area contributed by atoms with Crippen LogP contribution in [0.25, 0.3) is 0 Å². The highest BCUT2D eigenvalue weighted by atomic mass is 31.2. The fourth-order valence-electron chi connectivity index (χ4n) is 12.0. The van der Waals surface area contributed by atoms with Crippen LogP contribution in [0.3, 0.4) is 0 Å². The molecular formula is C79H154O17P2. The van der Waals surface area contributed by atoms with Gasteiger partial charge < -0.3 is 33.8 Å². The molecule has 0 spiro atoms. The first kappa shape index (κ1) is 96.1. The number of hydrogen-bond acceptors (Lipinski definition) is 15. The molecule has 0 aliphatic rings. The van der Waals surface area contributed by atoms with Crippen LogP contribution in [0.2, 0.25) is 0 Å². The van der Waals surface area contributed by atoms with Gasteiger partial charge in [-0.05, 0) is 49.4 Å². The number of unbranched alkanes of at least 4 members (excludes halogenated alkanes) is 39. The van der Waals surface area contributed by atoms with Gasteiger partial charge in [0.15, 0.2) is 12.2 Å². The summed E-state index contributed by atoms with van der Waals surface area (Å²) in [5.74, 6) is 1.06. The van der Waals surface area contributed by atoms with Gasteiger partial charge in [0.25, 0.3) is 0 Å². The Morgan fingerprint density at radius 3 is 0.724 bits per heavy atom. The van der Waals surface area contributed by atoms with Gasteiger partial charge in [0.1, 0.15) is 19.3 Å². The highest BCUT2D eigenvalue weighted by Crippen LogP contribution is 2.45. The molecule has 5 unspecified atom stereocenters. The van der Waals surface area contributed by atoms with E-state index >= 15 is 0 Å². The standard InChI is InChI=1S/C79H154O17P2/c1-9-70(6)56-48-40-32-26-20-16-12-13-17-21-29-35-45-53-61-79(84)96-75(66-90-77(82)60-52-44-38-37-42-50-58-72(8)11-3)68-94-98(87,88)92-64-73(80)63-91-97(85,86)93-67-74(65-89-76(81)59-51-43-34-28-24-23-27-33-41-49-57-71(7)10-2)95-78(83)62-54-46-36-30-22-18-14-15-19-25-31-39-47-55-69(4)5/h69-75,80H,9-68H2,1-8H3,(H,85,86)(H,87,88)/t70?,71?,72?,73-,74-,75-/m1/s1. The van der Waals surface area contributed by atoms with E-state index in [4.69, 9.17) is 37.0 Å². The van der Waals surface area contributed by atoms with Crippen molar-refractivity contribution in [2.75, 3.05) is 39.6 Å². The molecule has 8 atom stereocenters. The van der Waals surface area contributed by atoms with Crippen molar-refractivity contribution < 1.29 is 80.2 Å². The average Bonchev–Trinajstić information content (AvgIpc) is 0.980. The van der Waals surface area contributed by atoms with Gasteiger partial charge in [0, 0.05) is 25.7 Å². The summed E-state index contributed by atoms with van der Waals surface area (Å²) in [5.41, 5.74) is 0. The van der Waals surface area contributed by atoms with Crippen LogP contribution in [0.5, 0.6) is 0 Å². The highest BCUT2D eigenvalue weighted by molar-refractivity contribution is 7.47. The van der Waals surface area contributed by atoms with Crippen LogP contribution in [0.15, 0.2) is 0 Å². The Bertz CT molecular complexity index is 1930. The van der Waals surface area contributed by atoms with E-state index in [0.717, 1.165) is 120 Å². The van der Waals surface area contributed by atoms with E-state index in [1.54, 1.807) is 0 Å². The first-order chi connectivity index (χ1) is 47.2. The molecule has 0 saturated heterocycles. The van der Waals surface area contributed by atoms with Gasteiger partial charge in [-0.25, -0.2) is 9.13 Å². The molecule has 0 aromatic heterocycles. The maximum absolute atomic E-state index is 13.1. The molecule has 0 rings (SSSR count). The van der Waals surface area contributed by atoms with Crippen molar-refractivity contribution in [2.24, 2.45) is 23.7 Å². The molecule has 0 fully saturated rings. The molecular weight excluding hydrogens is 1280 g/mol. The number of aliphatic hydroxyl groups excluding tert-OH is 1. The van der Waals surface area contributed by atoms with Crippen molar-refractivity contribution in [3.63, 3.8) is 0 Å². The number of aliphatic hydroxyl groups is 1. The maximum atomic E-state index is 13.1. The van der Waals surface area contributed by atoms with E-state index < -0.39 is 97.5 Å². The monoisotopic (exact) mass is 1440 g/mol. The Morgan fingerprint density at radius 1 is 0.286 bits per heavy atom. The largest absolute Gasteiger partial charge is 0.472 e. The number of phosphoric ester groups is 2. The van der Waals surface area contributed by atoms with Gasteiger partial charge in [0.2, 0.25) is 0 Å². The van der Waals surface area contributed by atoms with Crippen LogP contribution in [0.1, 0.15) is 402 Å². The molecule has 0 aliphatic heterocycles. The molecule has 19 heteroatoms. The van der Waals surface area contributed by atoms with E-state index in [-0.39, 0.29) is 25.7 Å². The smallest absolute Gasteiger partial charge is 0.462 e. The minimum atomic E-state index is -4.96. The maximum Gasteiger partial charge on any atom is 0.472 e. The second kappa shape index (κ2) is 68.2. The van der Waals surface area contributed by atoms with Gasteiger partial charge in [0.05, 0.1) is 26.4 Å². The lowest BCUT2D eigenvalue weighted by Gasteiger charge is -2.21. The Morgan fingerprint density at radius 2 is 0.490 bits per heavy atom. The number of esters is 4. The molecule has 3 N–H and O–H groups in total. The normalized spacial score (nSPS) is 14.9. The molecule has 0 aromatic rings. The van der Waals surface area contributed by atoms with Crippen molar-refractivity contribution in [3.05, 3.63) is 0 Å². The van der Waals surface area contributed by atoms with Crippen molar-refractivity contribution in [1.82, 2.24) is 0 Å². The minimum Gasteiger partial charge on any atom is -0.462 e. The summed E-state index contributed by atoms with van der Waals surface area (Å²) in [5, 5.41) is 10.6. The Kier molecular flexibility index (Phi) is 66.8. The zero-order valence-corrected chi connectivity index (χ0v) is 66.2. The van der Waals surface area contributed by atoms with Crippen molar-refractivity contribution in [3.8, 4) is 0 Å². The second-order valence-electron chi connectivity index (χ2n) is 29.7. The summed E-state index contributed by atoms with van der Waals surface area (Å²) < 4.78 is 68.7. The van der Waals surface area contributed by atoms with E-state index in [0.29, 0.717) is 25.7 Å². The quantitative estimate of drug-likeness (QED) is 0.0222. The third-order valence-electron chi connectivity index (χ3n) is 19.4. The zero-order valence-electron chi connectivity index (χ0n) is 64.4. The number of rotatable bonds is 76. The van der Waals surface area contributed by atoms with Crippen LogP contribution >= 0.6 is 15.6 Å². The van der Waals surface area contributed by atoms with E-state index in [1.165, 1.54) is 199 Å². The van der Waals surface area contributed by atoms with E-state index in [9.17, 15) is 43.2 Å². The number of carbonyl (C=O) groups excluding carboxylic acids is 4. The van der Waals surface area contributed by atoms with Gasteiger partial charge in [-0.2, -0.15) is 0 Å². The lowest BCUT2D eigenvalue weighted by molar-refractivity contribution is -0.161. The van der Waals surface area contributed by atoms with Crippen molar-refractivity contribution >= 4 is 39.5 Å². The summed E-state index contributed by atoms with van der Waals surface area (Å²) in [6, 6.07) is 0. The summed E-state index contributed by atoms with van der Waals surface area (Å²) in [6.45, 7) is 14.3. The molecule has 0 amide bonds. The Hall–Kier alpha value is -1.94. The fraction of sp³-hybridized carbons (Fsp3) is 0.949. The summed E-state index contributed by atoms with van der Waals surface area (Å²) in [7, 11) is -9.92. The Balaban J connectivity index is 5.25. The summed E-state index contributed by atoms with van der Waals surface area (Å²) in [4.78, 5) is 73.0. The van der Waals surface area contributed by atoms with E-state index in [1.807, 2.05) is 0 Å². The SMILES string of the molecule is CCC(C)CCCCCCCCCCCCCCCCC(=O)O[C@H](COC(=O)CCCCCCCCC(C)CC)COP(=O)(O)OC[C@H](O)COP(=O)(O)OC[C@@H](COC(=O)CCCCCCCCCCCCC(C)CC)OC(=O)CCCCCCCCCCCCCCCC(C)C. The lowest BCUT2D eigenvalue weighted by atomic mass is 9.99. The van der Waals surface area contributed by atoms with Crippen LogP contribution in [0, 0.1) is 23.7 Å². The predicted octanol–water partition coefficient (Wildman–Crippen LogP) is 23.2. The van der Waals surface area contributed by atoms with E-state index in [2.05, 4.69) is 55.4 Å². The van der Waals surface area contributed by atoms with Crippen LogP contribution in [0.4, 0.5) is 0 Å². The third-order valence-corrected chi connectivity index (χ3v) is 21.3. The highest BCUT2D eigenvalue weighted by Gasteiger charge is 2.30. The molecule has 98 heavy (non-hydrogen) atoms. The van der Waals surface area contributed by atoms with Crippen LogP contribution in [-0.4, -0.2) is 96.7 Å². The topological polar surface area (TPSA) is 237 Å². The Labute approximate surface area is 600 Å². The minimum absolute atomic E-state index is 0.106. The number of hydrogen-bond donors (Lipinski definition) is 3. The molecule has 0 radical (unpaired) electrons. The lowest BCUT2D eigenvalue weighted by Crippen LogP contribution is -2.30. The number of phosphoric acid groups is 2. The fourth-order valence-corrected chi connectivity index (χ4v) is 13.6. The predicted molar refractivity (Wildman–Crippen MR) is 400 cm³/mol. The summed E-state index contributed by atoms with van der Waals surface area (Å²) >= 11 is 0. The van der Waals surface area contributed by atoms with Gasteiger partial charge >= 0.3 is 39.5 Å². The zero-order chi connectivity index (χ0) is 72.4. The molecule has 0 heterocycles. The molecule has 582 valence electrons. The van der Waals surface area contributed by atoms with Gasteiger partial charge in [-0.15, -0.1) is 0 Å². The van der Waals surface area contributed by atoms with Crippen LogP contribution in [-0.2, 0) is 65.4 Å². The summed E-state index contributed by atoms with van der Waals surface area (Å²) in [6.07, 6.45) is 53.9. The van der Waals surface area contributed by atoms with Gasteiger partial charge in [-0.1, -0.05) is 351 Å². The van der Waals surface area contributed by atoms with Crippen molar-refractivity contribution in [1.29, 1.82) is 0 Å². The number of ether oxygens (including phenoxy) is 4. The average molecular weight is 1440 g/mol. The first-order valence-corrected chi connectivity index (χ1v) is 43.8. The molecule has 0 aliphatic carbocycles. The third kappa shape index (κ3) is 68.5. The van der Waals surface area contributed by atoms with Crippen molar-refractivity contribution in [2.45, 2.75) is 420 Å². The number of carbonyl (C=O) groups is 4. The second-order valence-corrected chi connectivity index (χ2v) is 32.6. The molecule has 17 nitrogen and oxygen atoms in total. The molecule has 0 saturated carbocycles. The molecule has 0 aromatic carbocycles. The molecule has 0 bridgehead atoms.